The maximum absolute atomic E-state index is 5.67. The summed E-state index contributed by atoms with van der Waals surface area (Å²) in [4.78, 5) is 0. The third-order valence-electron chi connectivity index (χ3n) is 3.68. The van der Waals surface area contributed by atoms with Gasteiger partial charge >= 0.3 is 0 Å². The van der Waals surface area contributed by atoms with E-state index in [0.717, 1.165) is 36.6 Å². The van der Waals surface area contributed by atoms with Crippen molar-refractivity contribution in [2.75, 3.05) is 19.8 Å². The fraction of sp³-hybridized carbons (Fsp3) is 0.412. The van der Waals surface area contributed by atoms with Crippen LogP contribution in [0.5, 0.6) is 11.5 Å². The highest BCUT2D eigenvalue weighted by molar-refractivity contribution is 5.44. The smallest absolute Gasteiger partial charge is 0.161 e. The molecule has 1 unspecified atom stereocenters. The van der Waals surface area contributed by atoms with Crippen LogP contribution in [0.3, 0.4) is 0 Å². The molecule has 1 aromatic heterocycles. The minimum Gasteiger partial charge on any atom is -0.486 e. The van der Waals surface area contributed by atoms with Crippen LogP contribution >= 0.6 is 0 Å². The van der Waals surface area contributed by atoms with E-state index in [0.29, 0.717) is 13.2 Å². The van der Waals surface area contributed by atoms with Crippen molar-refractivity contribution < 1.29 is 13.9 Å². The summed E-state index contributed by atoms with van der Waals surface area (Å²) in [5.41, 5.74) is 1.23. The number of aryl methyl sites for hydroxylation is 1. The SMILES string of the molecule is CCNC(CCc1ccco1)c1ccc2c(c1)OCCO2. The topological polar surface area (TPSA) is 43.6 Å². The molecule has 0 aliphatic carbocycles. The van der Waals surface area contributed by atoms with Gasteiger partial charge in [-0.3, -0.25) is 0 Å². The van der Waals surface area contributed by atoms with Crippen LogP contribution in [0.25, 0.3) is 0 Å². The van der Waals surface area contributed by atoms with Gasteiger partial charge in [-0.05, 0) is 42.8 Å². The van der Waals surface area contributed by atoms with E-state index in [1.165, 1.54) is 5.56 Å². The maximum atomic E-state index is 5.67. The van der Waals surface area contributed by atoms with Crippen LogP contribution in [0.1, 0.15) is 30.7 Å². The highest BCUT2D eigenvalue weighted by Gasteiger charge is 2.16. The van der Waals surface area contributed by atoms with Crippen molar-refractivity contribution in [1.29, 1.82) is 0 Å². The molecule has 1 atom stereocenters. The molecular formula is C17H21NO3. The minimum atomic E-state index is 0.288. The van der Waals surface area contributed by atoms with E-state index in [9.17, 15) is 0 Å². The molecule has 0 bridgehead atoms. The first-order valence-electron chi connectivity index (χ1n) is 7.52. The summed E-state index contributed by atoms with van der Waals surface area (Å²) in [7, 11) is 0. The predicted octanol–water partition coefficient (Wildman–Crippen LogP) is 3.33. The van der Waals surface area contributed by atoms with Gasteiger partial charge in [0.15, 0.2) is 11.5 Å². The fourth-order valence-corrected chi connectivity index (χ4v) is 2.65. The van der Waals surface area contributed by atoms with Crippen LogP contribution in [-0.4, -0.2) is 19.8 Å². The van der Waals surface area contributed by atoms with Gasteiger partial charge in [0.2, 0.25) is 0 Å². The molecule has 4 heteroatoms. The van der Waals surface area contributed by atoms with E-state index in [1.807, 2.05) is 18.2 Å². The molecule has 2 aromatic rings. The van der Waals surface area contributed by atoms with Crippen LogP contribution in [0.4, 0.5) is 0 Å². The largest absolute Gasteiger partial charge is 0.486 e. The Morgan fingerprint density at radius 1 is 1.14 bits per heavy atom. The second-order valence-corrected chi connectivity index (χ2v) is 5.13. The molecule has 0 spiro atoms. The van der Waals surface area contributed by atoms with Crippen molar-refractivity contribution in [2.24, 2.45) is 0 Å². The van der Waals surface area contributed by atoms with Crippen molar-refractivity contribution in [3.63, 3.8) is 0 Å². The molecule has 0 saturated heterocycles. The molecule has 21 heavy (non-hydrogen) atoms. The average Bonchev–Trinajstić information content (AvgIpc) is 3.04. The van der Waals surface area contributed by atoms with Gasteiger partial charge in [0, 0.05) is 12.5 Å². The molecule has 4 nitrogen and oxygen atoms in total. The molecule has 0 saturated carbocycles. The summed E-state index contributed by atoms with van der Waals surface area (Å²) in [6, 6.07) is 10.4. The summed E-state index contributed by atoms with van der Waals surface area (Å²) < 4.78 is 16.7. The second-order valence-electron chi connectivity index (χ2n) is 5.13. The first kappa shape index (κ1) is 14.0. The number of furan rings is 1. The zero-order valence-corrected chi connectivity index (χ0v) is 12.3. The van der Waals surface area contributed by atoms with Gasteiger partial charge in [-0.2, -0.15) is 0 Å². The summed E-state index contributed by atoms with van der Waals surface area (Å²) >= 11 is 0. The Hall–Kier alpha value is -1.94. The van der Waals surface area contributed by atoms with Gasteiger partial charge in [-0.25, -0.2) is 0 Å². The monoisotopic (exact) mass is 287 g/mol. The number of nitrogens with one attached hydrogen (secondary N) is 1. The first-order valence-corrected chi connectivity index (χ1v) is 7.52. The Labute approximate surface area is 125 Å². The molecule has 1 aliphatic rings. The van der Waals surface area contributed by atoms with E-state index < -0.39 is 0 Å². The summed E-state index contributed by atoms with van der Waals surface area (Å²) in [5, 5.41) is 3.53. The van der Waals surface area contributed by atoms with Crippen molar-refractivity contribution in [3.05, 3.63) is 47.9 Å². The van der Waals surface area contributed by atoms with Crippen LogP contribution in [0, 0.1) is 0 Å². The number of rotatable bonds is 6. The normalized spacial score (nSPS) is 14.9. The molecule has 0 radical (unpaired) electrons. The fourth-order valence-electron chi connectivity index (χ4n) is 2.65. The third-order valence-corrected chi connectivity index (χ3v) is 3.68. The lowest BCUT2D eigenvalue weighted by Crippen LogP contribution is -2.22. The van der Waals surface area contributed by atoms with Crippen LogP contribution < -0.4 is 14.8 Å². The number of hydrogen-bond acceptors (Lipinski definition) is 4. The average molecular weight is 287 g/mol. The van der Waals surface area contributed by atoms with Crippen molar-refractivity contribution in [1.82, 2.24) is 5.32 Å². The first-order chi connectivity index (χ1) is 10.4. The number of fused-ring (bicyclic) bond motifs is 1. The minimum absolute atomic E-state index is 0.288. The van der Waals surface area contributed by atoms with Gasteiger partial charge in [0.05, 0.1) is 6.26 Å². The summed E-state index contributed by atoms with van der Waals surface area (Å²) in [6.45, 7) is 4.30. The molecule has 112 valence electrons. The van der Waals surface area contributed by atoms with Crippen molar-refractivity contribution >= 4 is 0 Å². The quantitative estimate of drug-likeness (QED) is 0.885. The number of benzene rings is 1. The van der Waals surface area contributed by atoms with E-state index >= 15 is 0 Å². The summed E-state index contributed by atoms with van der Waals surface area (Å²) in [5.74, 6) is 2.71. The highest BCUT2D eigenvalue weighted by atomic mass is 16.6. The lowest BCUT2D eigenvalue weighted by Gasteiger charge is -2.22. The lowest BCUT2D eigenvalue weighted by molar-refractivity contribution is 0.171. The molecule has 2 heterocycles. The molecule has 1 aromatic carbocycles. The van der Waals surface area contributed by atoms with Gasteiger partial charge in [0.1, 0.15) is 19.0 Å². The summed E-state index contributed by atoms with van der Waals surface area (Å²) in [6.07, 6.45) is 3.63. The number of ether oxygens (including phenoxy) is 2. The Morgan fingerprint density at radius 2 is 2.00 bits per heavy atom. The Kier molecular flexibility index (Phi) is 4.46. The molecule has 1 aliphatic heterocycles. The molecular weight excluding hydrogens is 266 g/mol. The third kappa shape index (κ3) is 3.39. The van der Waals surface area contributed by atoms with E-state index in [-0.39, 0.29) is 6.04 Å². The Bertz CT molecular complexity index is 565. The highest BCUT2D eigenvalue weighted by Crippen LogP contribution is 2.33. The van der Waals surface area contributed by atoms with Gasteiger partial charge < -0.3 is 19.2 Å². The Morgan fingerprint density at radius 3 is 2.76 bits per heavy atom. The standard InChI is InChI=1S/C17H21NO3/c1-2-18-15(7-6-14-4-3-9-19-14)13-5-8-16-17(12-13)21-11-10-20-16/h3-5,8-9,12,15,18H,2,6-7,10-11H2,1H3. The molecule has 0 amide bonds. The molecule has 0 fully saturated rings. The zero-order valence-electron chi connectivity index (χ0n) is 12.3. The van der Waals surface area contributed by atoms with Gasteiger partial charge in [-0.15, -0.1) is 0 Å². The van der Waals surface area contributed by atoms with Crippen molar-refractivity contribution in [2.45, 2.75) is 25.8 Å². The van der Waals surface area contributed by atoms with Crippen LogP contribution in [-0.2, 0) is 6.42 Å². The lowest BCUT2D eigenvalue weighted by atomic mass is 10.0. The van der Waals surface area contributed by atoms with Crippen LogP contribution in [0.2, 0.25) is 0 Å². The van der Waals surface area contributed by atoms with E-state index in [1.54, 1.807) is 6.26 Å². The maximum Gasteiger partial charge on any atom is 0.161 e. The van der Waals surface area contributed by atoms with Gasteiger partial charge in [-0.1, -0.05) is 13.0 Å². The van der Waals surface area contributed by atoms with E-state index in [2.05, 4.69) is 24.4 Å². The molecule has 1 N–H and O–H groups in total. The predicted molar refractivity (Wildman–Crippen MR) is 80.9 cm³/mol. The number of hydrogen-bond donors (Lipinski definition) is 1. The second kappa shape index (κ2) is 6.68. The Balaban J connectivity index is 1.73. The van der Waals surface area contributed by atoms with Crippen LogP contribution in [0.15, 0.2) is 41.0 Å². The van der Waals surface area contributed by atoms with Crippen molar-refractivity contribution in [3.8, 4) is 11.5 Å². The zero-order chi connectivity index (χ0) is 14.5. The van der Waals surface area contributed by atoms with E-state index in [4.69, 9.17) is 13.9 Å². The molecule has 3 rings (SSSR count). The van der Waals surface area contributed by atoms with Gasteiger partial charge in [0.25, 0.3) is 0 Å².